The number of hydrogen-bond acceptors (Lipinski definition) is 2. The average Bonchev–Trinajstić information content (AvgIpc) is 2.50. The fraction of sp³-hybridized carbons (Fsp3) is 1.00. The fourth-order valence-corrected chi connectivity index (χ4v) is 3.07. The molecule has 0 radical (unpaired) electrons. The van der Waals surface area contributed by atoms with Crippen LogP contribution in [0.3, 0.4) is 0 Å². The fourth-order valence-electron chi connectivity index (χ4n) is 3.07. The molecule has 2 atom stereocenters. The van der Waals surface area contributed by atoms with Crippen LogP contribution in [0.15, 0.2) is 0 Å². The summed E-state index contributed by atoms with van der Waals surface area (Å²) in [5.41, 5.74) is -0.722. The van der Waals surface area contributed by atoms with Crippen molar-refractivity contribution in [2.75, 3.05) is 0 Å². The quantitative estimate of drug-likeness (QED) is 0.653. The van der Waals surface area contributed by atoms with Gasteiger partial charge in [0.05, 0.1) is 11.7 Å². The van der Waals surface area contributed by atoms with Crippen LogP contribution >= 0.6 is 0 Å². The lowest BCUT2D eigenvalue weighted by molar-refractivity contribution is -0.103. The Morgan fingerprint density at radius 2 is 1.62 bits per heavy atom. The molecule has 2 N–H and O–H groups in total. The molecule has 0 aliphatic heterocycles. The first-order valence-corrected chi connectivity index (χ1v) is 5.64. The maximum Gasteiger partial charge on any atom is 0.0933 e. The molecule has 0 aromatic carbocycles. The van der Waals surface area contributed by atoms with Crippen LogP contribution in [0.4, 0.5) is 0 Å². The van der Waals surface area contributed by atoms with Gasteiger partial charge in [0.2, 0.25) is 0 Å². The molecule has 0 aromatic rings. The lowest BCUT2D eigenvalue weighted by atomic mass is 9.75. The van der Waals surface area contributed by atoms with E-state index < -0.39 is 11.7 Å². The van der Waals surface area contributed by atoms with Gasteiger partial charge in [-0.2, -0.15) is 0 Å². The maximum atomic E-state index is 10.3. The molecule has 0 spiro atoms. The molecule has 0 heterocycles. The summed E-state index contributed by atoms with van der Waals surface area (Å²) in [7, 11) is 0. The third kappa shape index (κ3) is 1.62. The largest absolute Gasteiger partial charge is 0.390 e. The van der Waals surface area contributed by atoms with E-state index in [2.05, 4.69) is 0 Å². The van der Waals surface area contributed by atoms with Crippen LogP contribution in [0.2, 0.25) is 0 Å². The molecule has 0 aromatic heterocycles. The van der Waals surface area contributed by atoms with E-state index in [1.807, 2.05) is 0 Å². The monoisotopic (exact) mass is 184 g/mol. The Balaban J connectivity index is 2.03. The SMILES string of the molecule is OC1CCCC1(O)C1CCCCC1. The van der Waals surface area contributed by atoms with Crippen LogP contribution in [-0.2, 0) is 0 Å². The van der Waals surface area contributed by atoms with Crippen molar-refractivity contribution in [3.05, 3.63) is 0 Å². The van der Waals surface area contributed by atoms with E-state index in [-0.39, 0.29) is 0 Å². The summed E-state index contributed by atoms with van der Waals surface area (Å²) in [6, 6.07) is 0. The highest BCUT2D eigenvalue weighted by atomic mass is 16.3. The minimum Gasteiger partial charge on any atom is -0.390 e. The van der Waals surface area contributed by atoms with E-state index in [4.69, 9.17) is 0 Å². The van der Waals surface area contributed by atoms with E-state index in [0.717, 1.165) is 32.1 Å². The van der Waals surface area contributed by atoms with E-state index in [9.17, 15) is 10.2 Å². The van der Waals surface area contributed by atoms with Crippen molar-refractivity contribution in [3.63, 3.8) is 0 Å². The minimum atomic E-state index is -0.722. The standard InChI is InChI=1S/C11H20O2/c12-10-7-4-8-11(10,13)9-5-2-1-3-6-9/h9-10,12-13H,1-8H2. The van der Waals surface area contributed by atoms with Gasteiger partial charge in [-0.05, 0) is 38.0 Å². The lowest BCUT2D eigenvalue weighted by Gasteiger charge is -2.37. The Morgan fingerprint density at radius 1 is 0.923 bits per heavy atom. The molecule has 2 fully saturated rings. The van der Waals surface area contributed by atoms with Gasteiger partial charge < -0.3 is 10.2 Å². The third-order valence-electron chi connectivity index (χ3n) is 3.94. The second kappa shape index (κ2) is 3.58. The Hall–Kier alpha value is -0.0800. The molecule has 2 aliphatic carbocycles. The summed E-state index contributed by atoms with van der Waals surface area (Å²) in [6.07, 6.45) is 8.18. The molecule has 2 unspecified atom stereocenters. The molecule has 0 bridgehead atoms. The van der Waals surface area contributed by atoms with Gasteiger partial charge in [0, 0.05) is 0 Å². The van der Waals surface area contributed by atoms with Crippen molar-refractivity contribution in [2.45, 2.75) is 63.1 Å². The molecular weight excluding hydrogens is 164 g/mol. The second-order valence-corrected chi connectivity index (χ2v) is 4.73. The first kappa shape index (κ1) is 9.47. The topological polar surface area (TPSA) is 40.5 Å². The Kier molecular flexibility index (Phi) is 2.61. The molecule has 2 rings (SSSR count). The van der Waals surface area contributed by atoms with E-state index in [0.29, 0.717) is 5.92 Å². The lowest BCUT2D eigenvalue weighted by Crippen LogP contribution is -2.45. The molecule has 2 heteroatoms. The van der Waals surface area contributed by atoms with Crippen LogP contribution in [0.1, 0.15) is 51.4 Å². The predicted molar refractivity (Wildman–Crippen MR) is 51.4 cm³/mol. The first-order chi connectivity index (χ1) is 6.23. The third-order valence-corrected chi connectivity index (χ3v) is 3.94. The summed E-state index contributed by atoms with van der Waals surface area (Å²) in [4.78, 5) is 0. The number of hydrogen-bond donors (Lipinski definition) is 2. The highest BCUT2D eigenvalue weighted by molar-refractivity contribution is 4.98. The van der Waals surface area contributed by atoms with Crippen molar-refractivity contribution >= 4 is 0 Å². The molecule has 2 nitrogen and oxygen atoms in total. The summed E-state index contributed by atoms with van der Waals surface area (Å²) in [5.74, 6) is 0.374. The summed E-state index contributed by atoms with van der Waals surface area (Å²) in [6.45, 7) is 0. The van der Waals surface area contributed by atoms with Gasteiger partial charge in [0.25, 0.3) is 0 Å². The van der Waals surface area contributed by atoms with Crippen LogP contribution in [0, 0.1) is 5.92 Å². The van der Waals surface area contributed by atoms with Crippen molar-refractivity contribution in [1.29, 1.82) is 0 Å². The van der Waals surface area contributed by atoms with Gasteiger partial charge in [-0.1, -0.05) is 19.3 Å². The molecule has 13 heavy (non-hydrogen) atoms. The average molecular weight is 184 g/mol. The number of aliphatic hydroxyl groups is 2. The van der Waals surface area contributed by atoms with Gasteiger partial charge in [-0.25, -0.2) is 0 Å². The highest BCUT2D eigenvalue weighted by Gasteiger charge is 2.46. The summed E-state index contributed by atoms with van der Waals surface area (Å²) < 4.78 is 0. The van der Waals surface area contributed by atoms with Crippen LogP contribution in [0.5, 0.6) is 0 Å². The highest BCUT2D eigenvalue weighted by Crippen LogP contribution is 2.42. The molecular formula is C11H20O2. The number of rotatable bonds is 1. The van der Waals surface area contributed by atoms with Crippen LogP contribution in [-0.4, -0.2) is 21.9 Å². The zero-order valence-corrected chi connectivity index (χ0v) is 8.21. The van der Waals surface area contributed by atoms with Crippen LogP contribution in [0.25, 0.3) is 0 Å². The summed E-state index contributed by atoms with van der Waals surface area (Å²) in [5, 5.41) is 20.1. The first-order valence-electron chi connectivity index (χ1n) is 5.64. The van der Waals surface area contributed by atoms with E-state index in [1.54, 1.807) is 0 Å². The van der Waals surface area contributed by atoms with Crippen molar-refractivity contribution < 1.29 is 10.2 Å². The molecule has 76 valence electrons. The number of aliphatic hydroxyl groups excluding tert-OH is 1. The Labute approximate surface area is 80.0 Å². The van der Waals surface area contributed by atoms with Crippen LogP contribution < -0.4 is 0 Å². The van der Waals surface area contributed by atoms with Gasteiger partial charge in [-0.15, -0.1) is 0 Å². The smallest absolute Gasteiger partial charge is 0.0933 e. The predicted octanol–water partition coefficient (Wildman–Crippen LogP) is 1.84. The van der Waals surface area contributed by atoms with Gasteiger partial charge >= 0.3 is 0 Å². The van der Waals surface area contributed by atoms with Gasteiger partial charge in [-0.3, -0.25) is 0 Å². The Bertz CT molecular complexity index is 175. The molecule has 2 saturated carbocycles. The molecule has 2 aliphatic rings. The van der Waals surface area contributed by atoms with Gasteiger partial charge in [0.15, 0.2) is 0 Å². The normalized spacial score (nSPS) is 42.5. The zero-order chi connectivity index (χ0) is 9.31. The van der Waals surface area contributed by atoms with Crippen molar-refractivity contribution in [2.24, 2.45) is 5.92 Å². The zero-order valence-electron chi connectivity index (χ0n) is 8.21. The molecule has 0 amide bonds. The summed E-state index contributed by atoms with van der Waals surface area (Å²) >= 11 is 0. The van der Waals surface area contributed by atoms with Crippen molar-refractivity contribution in [1.82, 2.24) is 0 Å². The minimum absolute atomic E-state index is 0.374. The van der Waals surface area contributed by atoms with Crippen molar-refractivity contribution in [3.8, 4) is 0 Å². The van der Waals surface area contributed by atoms with E-state index in [1.165, 1.54) is 19.3 Å². The maximum absolute atomic E-state index is 10.3. The molecule has 0 saturated heterocycles. The Morgan fingerprint density at radius 3 is 2.15 bits per heavy atom. The van der Waals surface area contributed by atoms with Gasteiger partial charge in [0.1, 0.15) is 0 Å². The van der Waals surface area contributed by atoms with E-state index >= 15 is 0 Å². The second-order valence-electron chi connectivity index (χ2n) is 4.73.